The molecule has 0 aromatic carbocycles. The summed E-state index contributed by atoms with van der Waals surface area (Å²) in [5.74, 6) is 0.385. The molecule has 0 radical (unpaired) electrons. The molecule has 4 aromatic heterocycles. The van der Waals surface area contributed by atoms with Crippen LogP contribution in [0.5, 0.6) is 0 Å². The van der Waals surface area contributed by atoms with Crippen molar-refractivity contribution in [1.82, 2.24) is 25.1 Å². The third kappa shape index (κ3) is 4.03. The fourth-order valence-corrected chi connectivity index (χ4v) is 3.84. The minimum atomic E-state index is -0.230. The lowest BCUT2D eigenvalue weighted by atomic mass is 10.1. The number of aromatic nitrogens is 4. The van der Waals surface area contributed by atoms with Gasteiger partial charge < -0.3 is 10.1 Å². The number of hydrogen-bond donors (Lipinski definition) is 1. The third-order valence-electron chi connectivity index (χ3n) is 4.39. The van der Waals surface area contributed by atoms with E-state index in [0.717, 1.165) is 22.2 Å². The van der Waals surface area contributed by atoms with Crippen LogP contribution in [0, 0.1) is 0 Å². The van der Waals surface area contributed by atoms with Crippen molar-refractivity contribution < 1.29 is 9.53 Å². The standard InChI is InChI=1S/C21H21N5O2S/c1-2-28-13-6-11-24-21(27)19-18-15(16-7-5-14-29-16)9-12-23-20(18)26(25-19)17-8-3-4-10-22-17/h3-5,7-10,12,14H,2,6,11,13H2,1H3,(H,24,27). The Hall–Kier alpha value is -3.10. The van der Waals surface area contributed by atoms with Crippen molar-refractivity contribution in [3.63, 3.8) is 0 Å². The smallest absolute Gasteiger partial charge is 0.272 e. The van der Waals surface area contributed by atoms with Crippen molar-refractivity contribution in [2.45, 2.75) is 13.3 Å². The second-order valence-corrected chi connectivity index (χ2v) is 7.24. The topological polar surface area (TPSA) is 81.9 Å². The quantitative estimate of drug-likeness (QED) is 0.451. The Kier molecular flexibility index (Phi) is 5.92. The highest BCUT2D eigenvalue weighted by molar-refractivity contribution is 7.13. The zero-order valence-corrected chi connectivity index (χ0v) is 16.9. The summed E-state index contributed by atoms with van der Waals surface area (Å²) in [7, 11) is 0. The van der Waals surface area contributed by atoms with Gasteiger partial charge in [0.2, 0.25) is 0 Å². The largest absolute Gasteiger partial charge is 0.382 e. The first-order chi connectivity index (χ1) is 14.3. The molecule has 0 saturated carbocycles. The molecule has 7 nitrogen and oxygen atoms in total. The summed E-state index contributed by atoms with van der Waals surface area (Å²) >= 11 is 1.61. The highest BCUT2D eigenvalue weighted by Crippen LogP contribution is 2.33. The molecule has 4 rings (SSSR count). The van der Waals surface area contributed by atoms with Crippen LogP contribution >= 0.6 is 11.3 Å². The maximum absolute atomic E-state index is 13.0. The summed E-state index contributed by atoms with van der Waals surface area (Å²) in [6, 6.07) is 11.5. The number of thiophene rings is 1. The minimum Gasteiger partial charge on any atom is -0.382 e. The van der Waals surface area contributed by atoms with E-state index in [4.69, 9.17) is 4.74 Å². The third-order valence-corrected chi connectivity index (χ3v) is 5.29. The SMILES string of the molecule is CCOCCCNC(=O)c1nn(-c2ccccn2)c2nccc(-c3cccs3)c12. The van der Waals surface area contributed by atoms with Gasteiger partial charge in [-0.3, -0.25) is 4.79 Å². The molecule has 0 spiro atoms. The van der Waals surface area contributed by atoms with E-state index < -0.39 is 0 Å². The molecule has 0 aliphatic rings. The second-order valence-electron chi connectivity index (χ2n) is 6.29. The predicted octanol–water partition coefficient (Wildman–Crippen LogP) is 3.70. The molecule has 148 valence electrons. The lowest BCUT2D eigenvalue weighted by Crippen LogP contribution is -2.26. The monoisotopic (exact) mass is 407 g/mol. The molecule has 0 saturated heterocycles. The second kappa shape index (κ2) is 8.93. The average Bonchev–Trinajstić information content (AvgIpc) is 3.42. The maximum Gasteiger partial charge on any atom is 0.272 e. The molecule has 29 heavy (non-hydrogen) atoms. The number of rotatable bonds is 8. The average molecular weight is 407 g/mol. The molecule has 0 atom stereocenters. The van der Waals surface area contributed by atoms with Gasteiger partial charge in [0, 0.05) is 42.6 Å². The molecule has 0 aliphatic carbocycles. The van der Waals surface area contributed by atoms with E-state index in [9.17, 15) is 4.79 Å². The molecule has 0 aliphatic heterocycles. The van der Waals surface area contributed by atoms with Crippen LogP contribution in [0.15, 0.2) is 54.2 Å². The van der Waals surface area contributed by atoms with Crippen molar-refractivity contribution in [3.05, 3.63) is 59.9 Å². The number of amides is 1. The number of fused-ring (bicyclic) bond motifs is 1. The number of nitrogens with zero attached hydrogens (tertiary/aromatic N) is 4. The fourth-order valence-electron chi connectivity index (χ4n) is 3.08. The molecular weight excluding hydrogens is 386 g/mol. The Balaban J connectivity index is 1.77. The summed E-state index contributed by atoms with van der Waals surface area (Å²) in [6.07, 6.45) is 4.18. The van der Waals surface area contributed by atoms with Crippen LogP contribution in [-0.2, 0) is 4.74 Å². The van der Waals surface area contributed by atoms with Gasteiger partial charge in [-0.05, 0) is 43.0 Å². The summed E-state index contributed by atoms with van der Waals surface area (Å²) in [6.45, 7) is 3.75. The van der Waals surface area contributed by atoms with Gasteiger partial charge in [0.25, 0.3) is 5.91 Å². The highest BCUT2D eigenvalue weighted by Gasteiger charge is 2.23. The maximum atomic E-state index is 13.0. The number of ether oxygens (including phenoxy) is 1. The summed E-state index contributed by atoms with van der Waals surface area (Å²) < 4.78 is 6.96. The lowest BCUT2D eigenvalue weighted by Gasteiger charge is -2.05. The van der Waals surface area contributed by atoms with E-state index in [1.54, 1.807) is 28.4 Å². The van der Waals surface area contributed by atoms with Gasteiger partial charge in [-0.2, -0.15) is 9.78 Å². The molecule has 1 amide bonds. The van der Waals surface area contributed by atoms with Gasteiger partial charge in [0.15, 0.2) is 17.2 Å². The predicted molar refractivity (Wildman–Crippen MR) is 113 cm³/mol. The molecule has 0 bridgehead atoms. The fraction of sp³-hybridized carbons (Fsp3) is 0.238. The molecule has 0 fully saturated rings. The van der Waals surface area contributed by atoms with Crippen LogP contribution in [-0.4, -0.2) is 45.4 Å². The normalized spacial score (nSPS) is 11.1. The molecular formula is C21H21N5O2S. The number of carbonyl (C=O) groups is 1. The first-order valence-electron chi connectivity index (χ1n) is 9.48. The molecule has 0 unspecified atom stereocenters. The number of carbonyl (C=O) groups excluding carboxylic acids is 1. The Morgan fingerprint density at radius 2 is 2.10 bits per heavy atom. The van der Waals surface area contributed by atoms with E-state index in [1.807, 2.05) is 48.7 Å². The van der Waals surface area contributed by atoms with Crippen LogP contribution in [0.3, 0.4) is 0 Å². The van der Waals surface area contributed by atoms with E-state index in [1.165, 1.54) is 0 Å². The van der Waals surface area contributed by atoms with Crippen LogP contribution in [0.4, 0.5) is 0 Å². The highest BCUT2D eigenvalue weighted by atomic mass is 32.1. The zero-order valence-electron chi connectivity index (χ0n) is 16.0. The van der Waals surface area contributed by atoms with Crippen LogP contribution in [0.2, 0.25) is 0 Å². The van der Waals surface area contributed by atoms with Gasteiger partial charge in [-0.15, -0.1) is 11.3 Å². The van der Waals surface area contributed by atoms with Gasteiger partial charge in [0.05, 0.1) is 5.39 Å². The first kappa shape index (κ1) is 19.2. The lowest BCUT2D eigenvalue weighted by molar-refractivity contribution is 0.0940. The number of hydrogen-bond acceptors (Lipinski definition) is 6. The van der Waals surface area contributed by atoms with Crippen molar-refractivity contribution in [2.75, 3.05) is 19.8 Å². The van der Waals surface area contributed by atoms with E-state index >= 15 is 0 Å². The Labute approximate surface area is 172 Å². The Morgan fingerprint density at radius 1 is 1.17 bits per heavy atom. The number of nitrogens with one attached hydrogen (secondary N) is 1. The summed E-state index contributed by atoms with van der Waals surface area (Å²) in [4.78, 5) is 22.9. The molecule has 4 heterocycles. The van der Waals surface area contributed by atoms with E-state index in [2.05, 4.69) is 20.4 Å². The van der Waals surface area contributed by atoms with Gasteiger partial charge in [-0.1, -0.05) is 12.1 Å². The van der Waals surface area contributed by atoms with Crippen LogP contribution < -0.4 is 5.32 Å². The number of pyridine rings is 2. The Bertz CT molecular complexity index is 1090. The van der Waals surface area contributed by atoms with Crippen molar-refractivity contribution in [2.24, 2.45) is 0 Å². The zero-order chi connectivity index (χ0) is 20.1. The van der Waals surface area contributed by atoms with Gasteiger partial charge in [0.1, 0.15) is 0 Å². The molecule has 8 heteroatoms. The Morgan fingerprint density at radius 3 is 2.86 bits per heavy atom. The molecule has 1 N–H and O–H groups in total. The first-order valence-corrected chi connectivity index (χ1v) is 10.4. The van der Waals surface area contributed by atoms with E-state index in [0.29, 0.717) is 36.9 Å². The van der Waals surface area contributed by atoms with Crippen LogP contribution in [0.1, 0.15) is 23.8 Å². The van der Waals surface area contributed by atoms with Crippen molar-refractivity contribution in [3.8, 4) is 16.3 Å². The van der Waals surface area contributed by atoms with Crippen molar-refractivity contribution in [1.29, 1.82) is 0 Å². The minimum absolute atomic E-state index is 0.230. The van der Waals surface area contributed by atoms with Gasteiger partial charge in [-0.25, -0.2) is 9.97 Å². The summed E-state index contributed by atoms with van der Waals surface area (Å²) in [5, 5.41) is 10.3. The molecule has 4 aromatic rings. The van der Waals surface area contributed by atoms with Gasteiger partial charge >= 0.3 is 0 Å². The summed E-state index contributed by atoms with van der Waals surface area (Å²) in [5.41, 5.74) is 1.89. The van der Waals surface area contributed by atoms with Crippen molar-refractivity contribution >= 4 is 28.3 Å². The van der Waals surface area contributed by atoms with E-state index in [-0.39, 0.29) is 5.91 Å². The van der Waals surface area contributed by atoms with Crippen LogP contribution in [0.25, 0.3) is 27.3 Å².